The van der Waals surface area contributed by atoms with Crippen LogP contribution in [0.4, 0.5) is 0 Å². The van der Waals surface area contributed by atoms with Crippen LogP contribution >= 0.6 is 0 Å². The Labute approximate surface area is 252 Å². The Kier molecular flexibility index (Phi) is 11.9. The van der Waals surface area contributed by atoms with Gasteiger partial charge in [-0.2, -0.15) is 0 Å². The summed E-state index contributed by atoms with van der Waals surface area (Å²) in [4.78, 5) is 25.3. The molecule has 1 heterocycles. The van der Waals surface area contributed by atoms with E-state index >= 15 is 0 Å². The van der Waals surface area contributed by atoms with E-state index in [9.17, 15) is 14.7 Å². The van der Waals surface area contributed by atoms with Crippen molar-refractivity contribution in [1.82, 2.24) is 4.98 Å². The fourth-order valence-electron chi connectivity index (χ4n) is 5.17. The molecule has 8 heteroatoms. The van der Waals surface area contributed by atoms with Crippen LogP contribution in [0.1, 0.15) is 63.0 Å². The number of carboxylic acid groups (broad SMARTS) is 2. The zero-order valence-corrected chi connectivity index (χ0v) is 24.8. The number of ether oxygens (including phenoxy) is 3. The first-order valence-electron chi connectivity index (χ1n) is 15.1. The van der Waals surface area contributed by atoms with Crippen molar-refractivity contribution in [3.8, 4) is 28.4 Å². The van der Waals surface area contributed by atoms with Crippen molar-refractivity contribution in [3.63, 3.8) is 0 Å². The van der Waals surface area contributed by atoms with Gasteiger partial charge in [0.15, 0.2) is 0 Å². The molecule has 0 bridgehead atoms. The van der Waals surface area contributed by atoms with Crippen LogP contribution in [0.5, 0.6) is 17.2 Å². The van der Waals surface area contributed by atoms with E-state index in [2.05, 4.69) is 35.3 Å². The molecule has 4 rings (SSSR count). The number of aryl methyl sites for hydroxylation is 1. The van der Waals surface area contributed by atoms with Gasteiger partial charge in [-0.3, -0.25) is 9.59 Å². The van der Waals surface area contributed by atoms with Gasteiger partial charge in [-0.15, -0.1) is 0 Å². The Hall–Kier alpha value is -4.46. The van der Waals surface area contributed by atoms with Gasteiger partial charge in [0.25, 0.3) is 0 Å². The van der Waals surface area contributed by atoms with Gasteiger partial charge in [-0.05, 0) is 103 Å². The molecule has 8 nitrogen and oxygen atoms in total. The maximum atomic E-state index is 11.2. The van der Waals surface area contributed by atoms with Crippen molar-refractivity contribution in [2.24, 2.45) is 0 Å². The number of hydrogen-bond donors (Lipinski definition) is 3. The predicted octanol–water partition coefficient (Wildman–Crippen LogP) is 7.68. The lowest BCUT2D eigenvalue weighted by Gasteiger charge is -2.15. The van der Waals surface area contributed by atoms with Crippen molar-refractivity contribution in [3.05, 3.63) is 78.0 Å². The van der Waals surface area contributed by atoms with Crippen LogP contribution in [-0.4, -0.2) is 47.0 Å². The number of unbranched alkanes of at least 4 members (excludes halogenated alkanes) is 3. The molecule has 0 atom stereocenters. The summed E-state index contributed by atoms with van der Waals surface area (Å²) in [7, 11) is 0. The highest BCUT2D eigenvalue weighted by Gasteiger charge is 2.12. The van der Waals surface area contributed by atoms with Crippen molar-refractivity contribution in [2.75, 3.05) is 19.8 Å². The molecular weight excluding hydrogens is 546 g/mol. The molecule has 0 radical (unpaired) electrons. The van der Waals surface area contributed by atoms with Gasteiger partial charge in [-0.1, -0.05) is 31.0 Å². The number of aromatic nitrogens is 1. The SMILES string of the molecule is CCOc1cc(OCCCCCCc2cccc(OCCCC(=O)O)c2CCC(=O)O)cc(-c2ccc3[nH]ccc3c2)c1. The summed E-state index contributed by atoms with van der Waals surface area (Å²) in [5, 5.41) is 19.2. The number of nitrogens with one attached hydrogen (secondary N) is 1. The largest absolute Gasteiger partial charge is 0.494 e. The zero-order valence-electron chi connectivity index (χ0n) is 24.8. The molecule has 0 aliphatic rings. The number of carboxylic acids is 2. The van der Waals surface area contributed by atoms with Crippen LogP contribution in [0, 0.1) is 0 Å². The van der Waals surface area contributed by atoms with Gasteiger partial charge in [0, 0.05) is 30.6 Å². The molecule has 43 heavy (non-hydrogen) atoms. The molecule has 0 amide bonds. The first-order chi connectivity index (χ1) is 20.9. The monoisotopic (exact) mass is 587 g/mol. The summed E-state index contributed by atoms with van der Waals surface area (Å²) in [6.07, 6.45) is 7.53. The number of H-pyrrole nitrogens is 1. The maximum Gasteiger partial charge on any atom is 0.303 e. The first kappa shape index (κ1) is 31.5. The van der Waals surface area contributed by atoms with E-state index in [0.29, 0.717) is 31.8 Å². The molecule has 0 saturated heterocycles. The lowest BCUT2D eigenvalue weighted by molar-refractivity contribution is -0.138. The van der Waals surface area contributed by atoms with Crippen LogP contribution in [0.25, 0.3) is 22.0 Å². The lowest BCUT2D eigenvalue weighted by atomic mass is 9.97. The Morgan fingerprint density at radius 2 is 1.49 bits per heavy atom. The molecule has 0 aliphatic heterocycles. The van der Waals surface area contributed by atoms with Gasteiger partial charge >= 0.3 is 11.9 Å². The van der Waals surface area contributed by atoms with Crippen LogP contribution < -0.4 is 14.2 Å². The van der Waals surface area contributed by atoms with E-state index in [4.69, 9.17) is 19.3 Å². The van der Waals surface area contributed by atoms with E-state index in [1.54, 1.807) is 0 Å². The summed E-state index contributed by atoms with van der Waals surface area (Å²) >= 11 is 0. The summed E-state index contributed by atoms with van der Waals surface area (Å²) in [6, 6.07) is 20.2. The molecule has 228 valence electrons. The molecule has 1 aromatic heterocycles. The minimum atomic E-state index is -0.858. The number of benzene rings is 3. The summed E-state index contributed by atoms with van der Waals surface area (Å²) in [5.41, 5.74) is 5.26. The molecule has 0 spiro atoms. The van der Waals surface area contributed by atoms with Crippen molar-refractivity contribution < 1.29 is 34.0 Å². The standard InChI is InChI=1S/C35H41NO7/c1-2-41-29-22-28(26-13-15-32-27(21-26)17-18-36-32)23-30(24-29)42-19-6-4-3-5-9-25-10-7-11-33(31(25)14-16-35(39)40)43-20-8-12-34(37)38/h7,10-11,13,15,17-18,21-24,36H,2-6,8-9,12,14,16,19-20H2,1H3,(H,37,38)(H,39,40). The minimum Gasteiger partial charge on any atom is -0.494 e. The normalized spacial score (nSPS) is 11.0. The van der Waals surface area contributed by atoms with Crippen molar-refractivity contribution in [2.45, 2.75) is 64.7 Å². The fraction of sp³-hybridized carbons (Fsp3) is 0.371. The van der Waals surface area contributed by atoms with E-state index in [0.717, 1.165) is 76.8 Å². The Morgan fingerprint density at radius 1 is 0.721 bits per heavy atom. The lowest BCUT2D eigenvalue weighted by Crippen LogP contribution is -2.07. The van der Waals surface area contributed by atoms with Gasteiger partial charge in [0.2, 0.25) is 0 Å². The zero-order chi connectivity index (χ0) is 30.4. The fourth-order valence-corrected chi connectivity index (χ4v) is 5.17. The molecular formula is C35H41NO7. The van der Waals surface area contributed by atoms with E-state index < -0.39 is 11.9 Å². The Morgan fingerprint density at radius 3 is 2.28 bits per heavy atom. The quantitative estimate of drug-likeness (QED) is 0.0963. The summed E-state index contributed by atoms with van der Waals surface area (Å²) < 4.78 is 17.8. The third-order valence-electron chi connectivity index (χ3n) is 7.30. The average molecular weight is 588 g/mol. The van der Waals surface area contributed by atoms with Gasteiger partial charge in [0.05, 0.1) is 19.8 Å². The second kappa shape index (κ2) is 16.2. The molecule has 4 aromatic rings. The Bertz CT molecular complexity index is 1490. The summed E-state index contributed by atoms with van der Waals surface area (Å²) in [6.45, 7) is 3.44. The maximum absolute atomic E-state index is 11.2. The number of carbonyl (C=O) groups is 2. The number of hydrogen-bond acceptors (Lipinski definition) is 5. The molecule has 0 aliphatic carbocycles. The number of aliphatic carboxylic acids is 2. The first-order valence-corrected chi connectivity index (χ1v) is 15.1. The van der Waals surface area contributed by atoms with Crippen LogP contribution in [0.3, 0.4) is 0 Å². The Balaban J connectivity index is 1.27. The second-order valence-corrected chi connectivity index (χ2v) is 10.6. The predicted molar refractivity (Wildman–Crippen MR) is 167 cm³/mol. The summed E-state index contributed by atoms with van der Waals surface area (Å²) in [5.74, 6) is 0.518. The smallest absolute Gasteiger partial charge is 0.303 e. The van der Waals surface area contributed by atoms with Crippen LogP contribution in [0.2, 0.25) is 0 Å². The van der Waals surface area contributed by atoms with Crippen LogP contribution in [0.15, 0.2) is 66.9 Å². The highest BCUT2D eigenvalue weighted by atomic mass is 16.5. The third kappa shape index (κ3) is 9.81. The topological polar surface area (TPSA) is 118 Å². The van der Waals surface area contributed by atoms with Gasteiger partial charge < -0.3 is 29.4 Å². The van der Waals surface area contributed by atoms with E-state index in [1.807, 2.05) is 43.5 Å². The minimum absolute atomic E-state index is 0.0206. The van der Waals surface area contributed by atoms with Crippen molar-refractivity contribution in [1.29, 1.82) is 0 Å². The van der Waals surface area contributed by atoms with Crippen LogP contribution in [-0.2, 0) is 22.4 Å². The average Bonchev–Trinajstić information content (AvgIpc) is 3.46. The number of fused-ring (bicyclic) bond motifs is 1. The highest BCUT2D eigenvalue weighted by Crippen LogP contribution is 2.32. The molecule has 3 N–H and O–H groups in total. The third-order valence-corrected chi connectivity index (χ3v) is 7.30. The van der Waals surface area contributed by atoms with Gasteiger partial charge in [0.1, 0.15) is 17.2 Å². The number of rotatable bonds is 19. The highest BCUT2D eigenvalue weighted by molar-refractivity contribution is 5.85. The van der Waals surface area contributed by atoms with E-state index in [-0.39, 0.29) is 19.4 Å². The molecule has 3 aromatic carbocycles. The number of aromatic amines is 1. The molecule has 0 saturated carbocycles. The second-order valence-electron chi connectivity index (χ2n) is 10.6. The van der Waals surface area contributed by atoms with Gasteiger partial charge in [-0.25, -0.2) is 0 Å². The molecule has 0 unspecified atom stereocenters. The molecule has 0 fully saturated rings. The van der Waals surface area contributed by atoms with Crippen molar-refractivity contribution >= 4 is 22.8 Å². The van der Waals surface area contributed by atoms with E-state index in [1.165, 1.54) is 0 Å².